The van der Waals surface area contributed by atoms with E-state index in [4.69, 9.17) is 16.2 Å². The molecule has 0 saturated heterocycles. The summed E-state index contributed by atoms with van der Waals surface area (Å²) in [6.07, 6.45) is 8.62. The number of anilines is 1. The average molecular weight is 379 g/mol. The average Bonchev–Trinajstić information content (AvgIpc) is 2.69. The third-order valence-electron chi connectivity index (χ3n) is 3.74. The van der Waals surface area contributed by atoms with E-state index in [0.29, 0.717) is 28.9 Å². The molecule has 0 saturated carbocycles. The van der Waals surface area contributed by atoms with Gasteiger partial charge in [0.25, 0.3) is 0 Å². The van der Waals surface area contributed by atoms with Gasteiger partial charge in [-0.25, -0.2) is 0 Å². The van der Waals surface area contributed by atoms with Crippen LogP contribution in [0, 0.1) is 5.41 Å². The molecule has 144 valence electrons. The van der Waals surface area contributed by atoms with Crippen LogP contribution in [0.1, 0.15) is 16.7 Å². The number of hydrogen-bond acceptors (Lipinski definition) is 6. The third-order valence-corrected chi connectivity index (χ3v) is 3.74. The van der Waals surface area contributed by atoms with Crippen molar-refractivity contribution in [3.63, 3.8) is 0 Å². The van der Waals surface area contributed by atoms with Gasteiger partial charge in [-0.1, -0.05) is 12.1 Å². The lowest BCUT2D eigenvalue weighted by molar-refractivity contribution is -0.136. The maximum atomic E-state index is 12.2. The molecule has 0 bridgehead atoms. The van der Waals surface area contributed by atoms with Crippen LogP contribution in [0.15, 0.2) is 55.0 Å². The molecule has 0 atom stereocenters. The standard InChI is InChI=1S/C20H21N5O3/c21-9-16(10-22)18-7-8-23-12-15(18)3-6-19(26)25-17-4-1-14(2-5-17)11-24-13-20(27)28/h1-10,12,21,24H,11,13,22H2,(H,25,26)(H,27,28)/b6-3+,16-10?,21-9?. The van der Waals surface area contributed by atoms with Crippen LogP contribution in [-0.4, -0.2) is 34.7 Å². The van der Waals surface area contributed by atoms with Crippen LogP contribution in [0.25, 0.3) is 11.6 Å². The second-order valence-corrected chi connectivity index (χ2v) is 5.75. The first-order valence-corrected chi connectivity index (χ1v) is 8.40. The molecular weight excluding hydrogens is 358 g/mol. The van der Waals surface area contributed by atoms with E-state index in [9.17, 15) is 9.59 Å². The predicted molar refractivity (Wildman–Crippen MR) is 109 cm³/mol. The van der Waals surface area contributed by atoms with Crippen molar-refractivity contribution in [2.75, 3.05) is 11.9 Å². The van der Waals surface area contributed by atoms with Crippen LogP contribution in [0.3, 0.4) is 0 Å². The van der Waals surface area contributed by atoms with Gasteiger partial charge in [0.2, 0.25) is 5.91 Å². The Labute approximate surface area is 162 Å². The molecule has 0 aliphatic rings. The van der Waals surface area contributed by atoms with Crippen molar-refractivity contribution in [2.24, 2.45) is 5.73 Å². The summed E-state index contributed by atoms with van der Waals surface area (Å²) < 4.78 is 0. The number of aliphatic carboxylic acids is 1. The summed E-state index contributed by atoms with van der Waals surface area (Å²) in [6, 6.07) is 8.80. The van der Waals surface area contributed by atoms with E-state index in [0.717, 1.165) is 11.8 Å². The normalized spacial score (nSPS) is 11.4. The second-order valence-electron chi connectivity index (χ2n) is 5.75. The summed E-state index contributed by atoms with van der Waals surface area (Å²) in [7, 11) is 0. The minimum atomic E-state index is -0.915. The summed E-state index contributed by atoms with van der Waals surface area (Å²) in [5, 5.41) is 21.5. The molecule has 8 nitrogen and oxygen atoms in total. The number of aromatic nitrogens is 1. The topological polar surface area (TPSA) is 141 Å². The van der Waals surface area contributed by atoms with Crippen LogP contribution in [-0.2, 0) is 16.1 Å². The smallest absolute Gasteiger partial charge is 0.317 e. The number of hydrogen-bond donors (Lipinski definition) is 5. The predicted octanol–water partition coefficient (Wildman–Crippen LogP) is 1.86. The molecule has 0 unspecified atom stereocenters. The number of nitrogens with two attached hydrogens (primary N) is 1. The van der Waals surface area contributed by atoms with Gasteiger partial charge in [0, 0.05) is 54.3 Å². The minimum Gasteiger partial charge on any atom is -0.480 e. The van der Waals surface area contributed by atoms with E-state index in [1.54, 1.807) is 48.8 Å². The van der Waals surface area contributed by atoms with Gasteiger partial charge in [-0.05, 0) is 35.4 Å². The molecule has 0 aliphatic carbocycles. The Morgan fingerprint density at radius 1 is 1.21 bits per heavy atom. The highest BCUT2D eigenvalue weighted by Gasteiger charge is 2.05. The van der Waals surface area contributed by atoms with Crippen LogP contribution in [0.4, 0.5) is 5.69 Å². The first-order valence-electron chi connectivity index (χ1n) is 8.40. The van der Waals surface area contributed by atoms with Crippen LogP contribution < -0.4 is 16.4 Å². The SMILES string of the molecule is N=CC(=CN)c1ccncc1/C=C/C(=O)Nc1ccc(CNCC(=O)O)cc1. The van der Waals surface area contributed by atoms with Gasteiger partial charge in [-0.2, -0.15) is 0 Å². The Bertz CT molecular complexity index is 904. The quantitative estimate of drug-likeness (QED) is 0.333. The van der Waals surface area contributed by atoms with E-state index in [-0.39, 0.29) is 12.5 Å². The zero-order valence-corrected chi connectivity index (χ0v) is 15.1. The molecule has 0 aliphatic heterocycles. The number of carbonyl (C=O) groups excluding carboxylic acids is 1. The number of nitrogens with zero attached hydrogens (tertiary/aromatic N) is 1. The fourth-order valence-electron chi connectivity index (χ4n) is 2.39. The highest BCUT2D eigenvalue weighted by Crippen LogP contribution is 2.17. The minimum absolute atomic E-state index is 0.112. The summed E-state index contributed by atoms with van der Waals surface area (Å²) in [5.41, 5.74) is 8.94. The van der Waals surface area contributed by atoms with Crippen molar-refractivity contribution in [1.29, 1.82) is 5.41 Å². The Morgan fingerprint density at radius 3 is 2.61 bits per heavy atom. The number of rotatable bonds is 9. The van der Waals surface area contributed by atoms with Crippen LogP contribution in [0.5, 0.6) is 0 Å². The van der Waals surface area contributed by atoms with Crippen molar-refractivity contribution < 1.29 is 14.7 Å². The molecule has 0 radical (unpaired) electrons. The van der Waals surface area contributed by atoms with E-state index in [2.05, 4.69) is 15.6 Å². The molecule has 1 amide bonds. The van der Waals surface area contributed by atoms with Crippen molar-refractivity contribution in [1.82, 2.24) is 10.3 Å². The fraction of sp³-hybridized carbons (Fsp3) is 0.100. The molecule has 8 heteroatoms. The number of amides is 1. The van der Waals surface area contributed by atoms with Gasteiger partial charge >= 0.3 is 5.97 Å². The van der Waals surface area contributed by atoms with Crippen molar-refractivity contribution in [2.45, 2.75) is 6.54 Å². The first-order chi connectivity index (χ1) is 13.5. The molecule has 2 rings (SSSR count). The summed E-state index contributed by atoms with van der Waals surface area (Å²) in [4.78, 5) is 26.7. The lowest BCUT2D eigenvalue weighted by Gasteiger charge is -2.06. The van der Waals surface area contributed by atoms with Crippen LogP contribution in [0.2, 0.25) is 0 Å². The fourth-order valence-corrected chi connectivity index (χ4v) is 2.39. The lowest BCUT2D eigenvalue weighted by atomic mass is 10.0. The van der Waals surface area contributed by atoms with Gasteiger partial charge in [0.05, 0.1) is 6.54 Å². The van der Waals surface area contributed by atoms with Gasteiger partial charge in [-0.15, -0.1) is 0 Å². The van der Waals surface area contributed by atoms with E-state index >= 15 is 0 Å². The Kier molecular flexibility index (Phi) is 7.62. The van der Waals surface area contributed by atoms with Crippen molar-refractivity contribution in [3.05, 3.63) is 71.7 Å². The van der Waals surface area contributed by atoms with E-state index in [1.165, 1.54) is 12.3 Å². The van der Waals surface area contributed by atoms with Crippen molar-refractivity contribution in [3.8, 4) is 0 Å². The molecule has 0 fully saturated rings. The number of allylic oxidation sites excluding steroid dienone is 1. The number of pyridine rings is 1. The molecule has 1 heterocycles. The number of benzene rings is 1. The molecule has 1 aromatic carbocycles. The summed E-state index contributed by atoms with van der Waals surface area (Å²) >= 11 is 0. The largest absolute Gasteiger partial charge is 0.480 e. The maximum absolute atomic E-state index is 12.2. The van der Waals surface area contributed by atoms with Gasteiger partial charge in [-0.3, -0.25) is 14.6 Å². The number of nitrogens with one attached hydrogen (secondary N) is 3. The Hall–Kier alpha value is -3.78. The highest BCUT2D eigenvalue weighted by molar-refractivity contribution is 6.10. The second kappa shape index (κ2) is 10.4. The Balaban J connectivity index is 1.99. The molecular formula is C20H21N5O3. The van der Waals surface area contributed by atoms with E-state index in [1.807, 2.05) is 0 Å². The molecule has 6 N–H and O–H groups in total. The lowest BCUT2D eigenvalue weighted by Crippen LogP contribution is -2.21. The Morgan fingerprint density at radius 2 is 1.96 bits per heavy atom. The molecule has 28 heavy (non-hydrogen) atoms. The molecule has 2 aromatic rings. The third kappa shape index (κ3) is 6.19. The van der Waals surface area contributed by atoms with Gasteiger partial charge < -0.3 is 26.9 Å². The van der Waals surface area contributed by atoms with Gasteiger partial charge in [0.15, 0.2) is 0 Å². The van der Waals surface area contributed by atoms with Crippen molar-refractivity contribution >= 4 is 35.4 Å². The molecule has 0 spiro atoms. The number of carbonyl (C=O) groups is 2. The van der Waals surface area contributed by atoms with Crippen LogP contribution >= 0.6 is 0 Å². The van der Waals surface area contributed by atoms with E-state index < -0.39 is 5.97 Å². The zero-order chi connectivity index (χ0) is 20.4. The number of carboxylic acids is 1. The van der Waals surface area contributed by atoms with Gasteiger partial charge in [0.1, 0.15) is 0 Å². The summed E-state index contributed by atoms with van der Waals surface area (Å²) in [5.74, 6) is -1.23. The highest BCUT2D eigenvalue weighted by atomic mass is 16.4. The first kappa shape index (κ1) is 20.5. The summed E-state index contributed by atoms with van der Waals surface area (Å²) in [6.45, 7) is 0.312. The maximum Gasteiger partial charge on any atom is 0.317 e. The number of carboxylic acid groups (broad SMARTS) is 1. The monoisotopic (exact) mass is 379 g/mol. The molecule has 1 aromatic heterocycles. The zero-order valence-electron chi connectivity index (χ0n) is 15.1.